The van der Waals surface area contributed by atoms with Crippen molar-refractivity contribution in [1.82, 2.24) is 0 Å². The van der Waals surface area contributed by atoms with Crippen molar-refractivity contribution in [3.63, 3.8) is 0 Å². The summed E-state index contributed by atoms with van der Waals surface area (Å²) in [7, 11) is 2.87. The highest BCUT2D eigenvalue weighted by Crippen LogP contribution is 2.46. The number of hydrogen-bond donors (Lipinski definition) is 1. The quantitative estimate of drug-likeness (QED) is 0.268. The zero-order chi connectivity index (χ0) is 24.6. The fourth-order valence-electron chi connectivity index (χ4n) is 4.15. The first-order valence-electron chi connectivity index (χ1n) is 10.3. The number of aryl methyl sites for hydroxylation is 1. The summed E-state index contributed by atoms with van der Waals surface area (Å²) >= 11 is 12.4. The number of rotatable bonds is 5. The highest BCUT2D eigenvalue weighted by atomic mass is 35.5. The molecule has 3 aromatic rings. The third-order valence-corrected chi connectivity index (χ3v) is 6.11. The molecular formula is C26H21Cl2NO5. The molecule has 0 saturated carbocycles. The molecule has 0 aromatic heterocycles. The van der Waals surface area contributed by atoms with Crippen molar-refractivity contribution in [2.75, 3.05) is 19.1 Å². The summed E-state index contributed by atoms with van der Waals surface area (Å²) < 4.78 is 10.8. The van der Waals surface area contributed by atoms with E-state index in [1.54, 1.807) is 30.3 Å². The van der Waals surface area contributed by atoms with Crippen LogP contribution in [0.2, 0.25) is 10.0 Å². The third kappa shape index (κ3) is 4.00. The molecule has 8 heteroatoms. The zero-order valence-electron chi connectivity index (χ0n) is 18.6. The molecule has 3 aromatic carbocycles. The summed E-state index contributed by atoms with van der Waals surface area (Å²) in [5.74, 6) is -1.55. The molecule has 1 saturated heterocycles. The number of hydrogen-bond acceptors (Lipinski definition) is 5. The van der Waals surface area contributed by atoms with Gasteiger partial charge in [-0.15, -0.1) is 0 Å². The second kappa shape index (κ2) is 9.41. The summed E-state index contributed by atoms with van der Waals surface area (Å²) in [6.07, 6.45) is 0. The van der Waals surface area contributed by atoms with Crippen LogP contribution in [-0.2, 0) is 9.59 Å². The van der Waals surface area contributed by atoms with Crippen molar-refractivity contribution in [3.8, 4) is 11.5 Å². The van der Waals surface area contributed by atoms with Crippen molar-refractivity contribution in [3.05, 3.63) is 93.0 Å². The Morgan fingerprint density at radius 2 is 1.71 bits per heavy atom. The molecule has 1 N–H and O–H groups in total. The highest BCUT2D eigenvalue weighted by Gasteiger charge is 2.48. The number of carbonyl (C=O) groups is 2. The van der Waals surface area contributed by atoms with Gasteiger partial charge in [0.15, 0.2) is 0 Å². The minimum atomic E-state index is -0.932. The van der Waals surface area contributed by atoms with Gasteiger partial charge in [0, 0.05) is 5.02 Å². The highest BCUT2D eigenvalue weighted by molar-refractivity contribution is 6.52. The van der Waals surface area contributed by atoms with E-state index in [1.807, 2.05) is 25.1 Å². The summed E-state index contributed by atoms with van der Waals surface area (Å²) in [6, 6.07) is 16.2. The Balaban J connectivity index is 2.04. The topological polar surface area (TPSA) is 76.1 Å². The Kier molecular flexibility index (Phi) is 6.55. The Morgan fingerprint density at radius 3 is 2.38 bits per heavy atom. The van der Waals surface area contributed by atoms with Crippen LogP contribution in [0.3, 0.4) is 0 Å². The van der Waals surface area contributed by atoms with E-state index in [-0.39, 0.29) is 26.9 Å². The average molecular weight is 498 g/mol. The van der Waals surface area contributed by atoms with Gasteiger partial charge in [-0.05, 0) is 36.8 Å². The van der Waals surface area contributed by atoms with Crippen LogP contribution >= 0.6 is 23.2 Å². The van der Waals surface area contributed by atoms with Crippen molar-refractivity contribution >= 4 is 46.3 Å². The number of Topliss-reactive ketones (excluding diaryl/α,β-unsaturated/α-hetero) is 1. The van der Waals surface area contributed by atoms with Crippen molar-refractivity contribution in [2.24, 2.45) is 0 Å². The Morgan fingerprint density at radius 1 is 0.971 bits per heavy atom. The van der Waals surface area contributed by atoms with Crippen LogP contribution < -0.4 is 14.4 Å². The van der Waals surface area contributed by atoms with Crippen LogP contribution in [0, 0.1) is 6.92 Å². The predicted molar refractivity (Wildman–Crippen MR) is 132 cm³/mol. The number of para-hydroxylation sites is 2. The van der Waals surface area contributed by atoms with Gasteiger partial charge in [0.2, 0.25) is 0 Å². The maximum atomic E-state index is 13.4. The fourth-order valence-corrected chi connectivity index (χ4v) is 4.72. The lowest BCUT2D eigenvalue weighted by atomic mass is 9.94. The van der Waals surface area contributed by atoms with E-state index in [9.17, 15) is 14.7 Å². The maximum Gasteiger partial charge on any atom is 0.300 e. The first-order valence-corrected chi connectivity index (χ1v) is 11.1. The summed E-state index contributed by atoms with van der Waals surface area (Å²) in [4.78, 5) is 28.1. The van der Waals surface area contributed by atoms with Crippen molar-refractivity contribution in [2.45, 2.75) is 13.0 Å². The average Bonchev–Trinajstić information content (AvgIpc) is 3.08. The largest absolute Gasteiger partial charge is 0.507 e. The van der Waals surface area contributed by atoms with Crippen LogP contribution in [-0.4, -0.2) is 31.0 Å². The Bertz CT molecular complexity index is 1330. The van der Waals surface area contributed by atoms with Crippen molar-refractivity contribution in [1.29, 1.82) is 0 Å². The first kappa shape index (κ1) is 23.7. The molecule has 0 radical (unpaired) electrons. The smallest absolute Gasteiger partial charge is 0.300 e. The minimum absolute atomic E-state index is 0.107. The molecule has 1 fully saturated rings. The van der Waals surface area contributed by atoms with Gasteiger partial charge >= 0.3 is 0 Å². The van der Waals surface area contributed by atoms with Gasteiger partial charge in [-0.2, -0.15) is 0 Å². The monoisotopic (exact) mass is 497 g/mol. The number of aliphatic hydroxyl groups excluding tert-OH is 1. The fraction of sp³-hybridized carbons (Fsp3) is 0.154. The van der Waals surface area contributed by atoms with Gasteiger partial charge in [-0.25, -0.2) is 0 Å². The molecule has 1 heterocycles. The number of anilines is 1. The van der Waals surface area contributed by atoms with E-state index in [4.69, 9.17) is 32.7 Å². The second-order valence-corrected chi connectivity index (χ2v) is 8.57. The molecule has 1 amide bonds. The standard InChI is InChI=1S/C26H21Cl2NO5/c1-14-7-6-8-15(11-14)22-21(23(30)17-12-16(27)13-18(28)25(17)34-3)24(31)26(32)29(22)19-9-4-5-10-20(19)33-2/h4-13,22,30H,1-3H3/b23-21+. The molecule has 1 aliphatic rings. The van der Waals surface area contributed by atoms with Gasteiger partial charge in [0.25, 0.3) is 11.7 Å². The molecule has 1 unspecified atom stereocenters. The molecule has 0 aliphatic carbocycles. The molecule has 4 rings (SSSR count). The normalized spacial score (nSPS) is 17.2. The number of nitrogens with zero attached hydrogens (tertiary/aromatic N) is 1. The number of carbonyl (C=O) groups excluding carboxylic acids is 2. The van der Waals surface area contributed by atoms with Crippen molar-refractivity contribution < 1.29 is 24.2 Å². The van der Waals surface area contributed by atoms with E-state index < -0.39 is 23.5 Å². The van der Waals surface area contributed by atoms with E-state index in [2.05, 4.69) is 0 Å². The number of aliphatic hydroxyl groups is 1. The molecule has 0 spiro atoms. The van der Waals surface area contributed by atoms with E-state index >= 15 is 0 Å². The molecule has 174 valence electrons. The van der Waals surface area contributed by atoms with E-state index in [0.717, 1.165) is 5.56 Å². The number of methoxy groups -OCH3 is 2. The lowest BCUT2D eigenvalue weighted by molar-refractivity contribution is -0.132. The number of ketones is 1. The zero-order valence-corrected chi connectivity index (χ0v) is 20.1. The van der Waals surface area contributed by atoms with Gasteiger partial charge in [-0.1, -0.05) is 65.2 Å². The lowest BCUT2D eigenvalue weighted by Crippen LogP contribution is -2.29. The van der Waals surface area contributed by atoms with Gasteiger partial charge in [0.1, 0.15) is 17.3 Å². The number of halogens is 2. The SMILES string of the molecule is COc1ccccc1N1C(=O)C(=O)/C(=C(/O)c2cc(Cl)cc(Cl)c2OC)C1c1cccc(C)c1. The third-order valence-electron chi connectivity index (χ3n) is 5.61. The van der Waals surface area contributed by atoms with Crippen LogP contribution in [0.5, 0.6) is 11.5 Å². The minimum Gasteiger partial charge on any atom is -0.507 e. The van der Waals surface area contributed by atoms with E-state index in [0.29, 0.717) is 17.0 Å². The van der Waals surface area contributed by atoms with E-state index in [1.165, 1.54) is 31.3 Å². The molecule has 6 nitrogen and oxygen atoms in total. The van der Waals surface area contributed by atoms with Crippen LogP contribution in [0.4, 0.5) is 5.69 Å². The number of ether oxygens (including phenoxy) is 2. The van der Waals surface area contributed by atoms with Crippen LogP contribution in [0.1, 0.15) is 22.7 Å². The predicted octanol–water partition coefficient (Wildman–Crippen LogP) is 5.95. The molecular weight excluding hydrogens is 477 g/mol. The molecule has 1 aliphatic heterocycles. The summed E-state index contributed by atoms with van der Waals surface area (Å²) in [5.41, 5.74) is 1.95. The summed E-state index contributed by atoms with van der Waals surface area (Å²) in [6.45, 7) is 1.90. The first-order chi connectivity index (χ1) is 16.3. The maximum absolute atomic E-state index is 13.4. The number of benzene rings is 3. The molecule has 1 atom stereocenters. The second-order valence-electron chi connectivity index (χ2n) is 7.72. The summed E-state index contributed by atoms with van der Waals surface area (Å²) in [5, 5.41) is 11.8. The van der Waals surface area contributed by atoms with Crippen LogP contribution in [0.15, 0.2) is 66.2 Å². The van der Waals surface area contributed by atoms with Crippen LogP contribution in [0.25, 0.3) is 5.76 Å². The van der Waals surface area contributed by atoms with Gasteiger partial charge < -0.3 is 14.6 Å². The lowest BCUT2D eigenvalue weighted by Gasteiger charge is -2.27. The van der Waals surface area contributed by atoms with Gasteiger partial charge in [-0.3, -0.25) is 14.5 Å². The Hall–Kier alpha value is -3.48. The number of amides is 1. The van der Waals surface area contributed by atoms with Gasteiger partial charge in [0.05, 0.1) is 42.1 Å². The molecule has 0 bridgehead atoms. The Labute approximate surface area is 206 Å². The molecule has 34 heavy (non-hydrogen) atoms.